The second-order valence-electron chi connectivity index (χ2n) is 5.59. The average molecular weight is 346 g/mol. The number of amides is 1. The summed E-state index contributed by atoms with van der Waals surface area (Å²) < 4.78 is 7.72. The number of nitrogens with one attached hydrogen (secondary N) is 1. The van der Waals surface area contributed by atoms with Gasteiger partial charge in [0.2, 0.25) is 5.91 Å². The third-order valence-corrected chi connectivity index (χ3v) is 4.51. The molecule has 0 spiro atoms. The highest BCUT2D eigenvalue weighted by atomic mass is 32.1. The normalized spacial score (nSPS) is 14.0. The molecule has 10 heteroatoms. The van der Waals surface area contributed by atoms with Crippen molar-refractivity contribution in [3.8, 4) is 11.5 Å². The Bertz CT molecular complexity index is 934. The van der Waals surface area contributed by atoms with Crippen LogP contribution in [0.3, 0.4) is 0 Å². The first-order chi connectivity index (χ1) is 11.6. The predicted molar refractivity (Wildman–Crippen MR) is 85.7 cm³/mol. The minimum absolute atomic E-state index is 0.142. The van der Waals surface area contributed by atoms with Crippen LogP contribution in [0.1, 0.15) is 24.6 Å². The second-order valence-corrected chi connectivity index (χ2v) is 6.45. The fourth-order valence-corrected chi connectivity index (χ4v) is 3.11. The number of hydrogen-bond donors (Lipinski definition) is 1. The van der Waals surface area contributed by atoms with Crippen LogP contribution in [0.15, 0.2) is 27.0 Å². The van der Waals surface area contributed by atoms with Gasteiger partial charge in [0, 0.05) is 24.4 Å². The maximum absolute atomic E-state index is 12.1. The largest absolute Gasteiger partial charge is 0.355 e. The lowest BCUT2D eigenvalue weighted by Crippen LogP contribution is -2.29. The van der Waals surface area contributed by atoms with Gasteiger partial charge in [-0.05, 0) is 12.8 Å². The first-order valence-corrected chi connectivity index (χ1v) is 8.30. The van der Waals surface area contributed by atoms with Crippen LogP contribution in [-0.4, -0.2) is 30.4 Å². The molecular weight excluding hydrogens is 332 g/mol. The summed E-state index contributed by atoms with van der Waals surface area (Å²) in [6, 6.07) is 1.69. The molecule has 1 aliphatic rings. The van der Waals surface area contributed by atoms with E-state index in [-0.39, 0.29) is 18.1 Å². The van der Waals surface area contributed by atoms with E-state index in [1.54, 1.807) is 18.5 Å². The molecule has 3 aromatic heterocycles. The zero-order valence-corrected chi connectivity index (χ0v) is 13.6. The van der Waals surface area contributed by atoms with Crippen LogP contribution in [0.5, 0.6) is 0 Å². The van der Waals surface area contributed by atoms with E-state index in [0.29, 0.717) is 22.5 Å². The van der Waals surface area contributed by atoms with Crippen LogP contribution >= 0.6 is 11.3 Å². The van der Waals surface area contributed by atoms with Gasteiger partial charge in [0.05, 0.1) is 6.20 Å². The van der Waals surface area contributed by atoms with E-state index in [2.05, 4.69) is 20.6 Å². The maximum atomic E-state index is 12.1. The van der Waals surface area contributed by atoms with Crippen molar-refractivity contribution in [1.29, 1.82) is 0 Å². The molecule has 1 aliphatic carbocycles. The third kappa shape index (κ3) is 2.75. The molecule has 0 saturated heterocycles. The van der Waals surface area contributed by atoms with Crippen molar-refractivity contribution in [2.45, 2.75) is 25.3 Å². The minimum Gasteiger partial charge on any atom is -0.355 e. The van der Waals surface area contributed by atoms with Gasteiger partial charge in [0.1, 0.15) is 18.1 Å². The van der Waals surface area contributed by atoms with E-state index in [9.17, 15) is 9.59 Å². The van der Waals surface area contributed by atoms with Gasteiger partial charge in [0.15, 0.2) is 10.9 Å². The molecule has 0 atom stereocenters. The molecule has 0 aromatic carbocycles. The molecule has 1 amide bonds. The van der Waals surface area contributed by atoms with Gasteiger partial charge in [-0.15, -0.1) is 11.3 Å². The molecule has 9 nitrogen and oxygen atoms in total. The molecule has 1 saturated carbocycles. The van der Waals surface area contributed by atoms with Gasteiger partial charge in [-0.1, -0.05) is 5.16 Å². The third-order valence-electron chi connectivity index (χ3n) is 3.75. The van der Waals surface area contributed by atoms with Crippen molar-refractivity contribution in [2.75, 3.05) is 5.32 Å². The van der Waals surface area contributed by atoms with Crippen molar-refractivity contribution in [1.82, 2.24) is 24.5 Å². The topological polar surface area (TPSA) is 108 Å². The van der Waals surface area contributed by atoms with E-state index in [4.69, 9.17) is 4.52 Å². The highest BCUT2D eigenvalue weighted by molar-refractivity contribution is 7.14. The fraction of sp³-hybridized carbons (Fsp3) is 0.357. The molecule has 0 bridgehead atoms. The van der Waals surface area contributed by atoms with Crippen molar-refractivity contribution in [2.24, 2.45) is 7.05 Å². The molecule has 0 aliphatic heterocycles. The summed E-state index contributed by atoms with van der Waals surface area (Å²) >= 11 is 1.27. The molecule has 3 heterocycles. The number of carbonyl (C=O) groups is 1. The Morgan fingerprint density at radius 3 is 3.04 bits per heavy atom. The lowest BCUT2D eigenvalue weighted by atomic mass is 10.4. The highest BCUT2D eigenvalue weighted by Crippen LogP contribution is 2.38. The zero-order valence-electron chi connectivity index (χ0n) is 12.8. The Balaban J connectivity index is 1.46. The molecule has 0 unspecified atom stereocenters. The van der Waals surface area contributed by atoms with Gasteiger partial charge < -0.3 is 9.84 Å². The summed E-state index contributed by atoms with van der Waals surface area (Å²) in [5.74, 6) is 1.27. The number of anilines is 1. The Labute approximate surface area is 139 Å². The van der Waals surface area contributed by atoms with Gasteiger partial charge in [-0.2, -0.15) is 5.10 Å². The van der Waals surface area contributed by atoms with Crippen LogP contribution in [0.4, 0.5) is 5.13 Å². The van der Waals surface area contributed by atoms with Crippen LogP contribution in [0, 0.1) is 0 Å². The monoisotopic (exact) mass is 346 g/mol. The van der Waals surface area contributed by atoms with Crippen LogP contribution < -0.4 is 11.0 Å². The SMILES string of the molecule is Cn1c(C2CC2)nn(CC(=O)Nc2nc(-c3ccno3)cs2)c1=O. The first kappa shape index (κ1) is 14.8. The van der Waals surface area contributed by atoms with Gasteiger partial charge >= 0.3 is 5.69 Å². The Kier molecular flexibility index (Phi) is 3.53. The lowest BCUT2D eigenvalue weighted by molar-refractivity contribution is -0.117. The minimum atomic E-state index is -0.351. The van der Waals surface area contributed by atoms with Crippen LogP contribution in [-0.2, 0) is 18.4 Å². The van der Waals surface area contributed by atoms with E-state index in [1.807, 2.05) is 0 Å². The Morgan fingerprint density at radius 1 is 1.50 bits per heavy atom. The molecule has 0 radical (unpaired) electrons. The predicted octanol–water partition coefficient (Wildman–Crippen LogP) is 1.21. The average Bonchev–Trinajstić information content (AvgIpc) is 2.96. The van der Waals surface area contributed by atoms with Crippen molar-refractivity contribution in [3.05, 3.63) is 34.0 Å². The molecular formula is C14H14N6O3S. The van der Waals surface area contributed by atoms with Gasteiger partial charge in [0.25, 0.3) is 0 Å². The number of carbonyl (C=O) groups excluding carboxylic acids is 1. The molecule has 4 rings (SSSR count). The summed E-state index contributed by atoms with van der Waals surface area (Å²) in [5.41, 5.74) is 0.312. The molecule has 1 fully saturated rings. The van der Waals surface area contributed by atoms with Crippen molar-refractivity contribution < 1.29 is 9.32 Å². The number of nitrogens with zero attached hydrogens (tertiary/aromatic N) is 5. The first-order valence-electron chi connectivity index (χ1n) is 7.42. The van der Waals surface area contributed by atoms with E-state index < -0.39 is 0 Å². The maximum Gasteiger partial charge on any atom is 0.346 e. The Hall–Kier alpha value is -2.75. The molecule has 24 heavy (non-hydrogen) atoms. The summed E-state index contributed by atoms with van der Waals surface area (Å²) in [4.78, 5) is 28.5. The molecule has 124 valence electrons. The summed E-state index contributed by atoms with van der Waals surface area (Å²) in [6.45, 7) is -0.142. The van der Waals surface area contributed by atoms with Gasteiger partial charge in [-0.25, -0.2) is 14.5 Å². The summed E-state index contributed by atoms with van der Waals surface area (Å²) in [5, 5.41) is 12.7. The quantitative estimate of drug-likeness (QED) is 0.744. The standard InChI is InChI=1S/C14H14N6O3S/c1-19-12(8-2-3-8)18-20(14(19)22)6-11(21)17-13-16-9(7-24-13)10-4-5-15-23-10/h4-5,7-8H,2-3,6H2,1H3,(H,16,17,21). The Morgan fingerprint density at radius 2 is 2.33 bits per heavy atom. The number of aromatic nitrogens is 5. The van der Waals surface area contributed by atoms with E-state index >= 15 is 0 Å². The second kappa shape index (κ2) is 5.71. The summed E-state index contributed by atoms with van der Waals surface area (Å²) in [7, 11) is 1.68. The number of thiazole rings is 1. The van der Waals surface area contributed by atoms with E-state index in [1.165, 1.54) is 26.8 Å². The fourth-order valence-electron chi connectivity index (χ4n) is 2.39. The van der Waals surface area contributed by atoms with Crippen LogP contribution in [0.2, 0.25) is 0 Å². The number of rotatable bonds is 5. The van der Waals surface area contributed by atoms with Crippen molar-refractivity contribution in [3.63, 3.8) is 0 Å². The molecule has 3 aromatic rings. The van der Waals surface area contributed by atoms with Crippen molar-refractivity contribution >= 4 is 22.4 Å². The van der Waals surface area contributed by atoms with E-state index in [0.717, 1.165) is 18.7 Å². The summed E-state index contributed by atoms with van der Waals surface area (Å²) in [6.07, 6.45) is 3.61. The molecule has 1 N–H and O–H groups in total. The zero-order chi connectivity index (χ0) is 16.7. The van der Waals surface area contributed by atoms with Crippen LogP contribution in [0.25, 0.3) is 11.5 Å². The highest BCUT2D eigenvalue weighted by Gasteiger charge is 2.30. The van der Waals surface area contributed by atoms with Gasteiger partial charge in [-0.3, -0.25) is 9.36 Å². The smallest absolute Gasteiger partial charge is 0.346 e. The number of hydrogen-bond acceptors (Lipinski definition) is 7. The lowest BCUT2D eigenvalue weighted by Gasteiger charge is -2.00.